The van der Waals surface area contributed by atoms with Crippen molar-refractivity contribution < 1.29 is 14.3 Å². The summed E-state index contributed by atoms with van der Waals surface area (Å²) in [5, 5.41) is 2.57. The highest BCUT2D eigenvalue weighted by Gasteiger charge is 2.22. The van der Waals surface area contributed by atoms with Gasteiger partial charge in [-0.25, -0.2) is 4.79 Å². The Balaban J connectivity index is 1.85. The average Bonchev–Trinajstić information content (AvgIpc) is 2.73. The second-order valence-electron chi connectivity index (χ2n) is 4.08. The molecule has 5 heteroatoms. The van der Waals surface area contributed by atoms with Gasteiger partial charge in [-0.15, -0.1) is 0 Å². The van der Waals surface area contributed by atoms with Crippen LogP contribution in [0.15, 0.2) is 24.3 Å². The van der Waals surface area contributed by atoms with Gasteiger partial charge < -0.3 is 20.5 Å². The van der Waals surface area contributed by atoms with Gasteiger partial charge in [0, 0.05) is 6.04 Å². The van der Waals surface area contributed by atoms with Gasteiger partial charge in [0.1, 0.15) is 12.4 Å². The molecule has 1 aromatic carbocycles. The lowest BCUT2D eigenvalue weighted by Crippen LogP contribution is -2.21. The topological polar surface area (TPSA) is 73.6 Å². The van der Waals surface area contributed by atoms with E-state index >= 15 is 0 Å². The summed E-state index contributed by atoms with van der Waals surface area (Å²) in [6.07, 6.45) is -0.596. The standard InChI is InChI=1S/C12H16N2O3/c1-8(13)9-2-4-10(5-3-9)16-7-11-6-14-12(15)17-11/h2-5,8,11H,6-7,13H2,1H3,(H,14,15)/t8-,11?/m0/s1. The molecule has 1 aliphatic rings. The molecular weight excluding hydrogens is 220 g/mol. The molecule has 1 unspecified atom stereocenters. The van der Waals surface area contributed by atoms with E-state index in [0.717, 1.165) is 11.3 Å². The Hall–Kier alpha value is -1.75. The SMILES string of the molecule is C[C@H](N)c1ccc(OCC2CNC(=O)O2)cc1. The summed E-state index contributed by atoms with van der Waals surface area (Å²) < 4.78 is 10.5. The quantitative estimate of drug-likeness (QED) is 0.823. The Bertz CT molecular complexity index is 389. The highest BCUT2D eigenvalue weighted by molar-refractivity contribution is 5.69. The first-order chi connectivity index (χ1) is 8.15. The maximum atomic E-state index is 10.8. The lowest BCUT2D eigenvalue weighted by molar-refractivity contribution is 0.105. The summed E-state index contributed by atoms with van der Waals surface area (Å²) in [5.74, 6) is 0.748. The third-order valence-electron chi connectivity index (χ3n) is 2.59. The zero-order valence-electron chi connectivity index (χ0n) is 9.68. The molecule has 5 nitrogen and oxygen atoms in total. The van der Waals surface area contributed by atoms with Crippen molar-refractivity contribution in [2.24, 2.45) is 5.73 Å². The predicted octanol–water partition coefficient (Wildman–Crippen LogP) is 1.19. The second kappa shape index (κ2) is 5.05. The molecule has 17 heavy (non-hydrogen) atoms. The molecule has 0 bridgehead atoms. The van der Waals surface area contributed by atoms with Gasteiger partial charge in [0.2, 0.25) is 0 Å². The van der Waals surface area contributed by atoms with Crippen LogP contribution in [0.5, 0.6) is 5.75 Å². The number of carbonyl (C=O) groups is 1. The van der Waals surface area contributed by atoms with Crippen molar-refractivity contribution in [3.63, 3.8) is 0 Å². The van der Waals surface area contributed by atoms with Crippen LogP contribution in [0.25, 0.3) is 0 Å². The Morgan fingerprint density at radius 3 is 2.76 bits per heavy atom. The highest BCUT2D eigenvalue weighted by atomic mass is 16.6. The molecule has 0 saturated carbocycles. The van der Waals surface area contributed by atoms with Gasteiger partial charge in [0.15, 0.2) is 6.10 Å². The van der Waals surface area contributed by atoms with Crippen LogP contribution in [0.2, 0.25) is 0 Å². The fraction of sp³-hybridized carbons (Fsp3) is 0.417. The minimum atomic E-state index is -0.383. The number of cyclic esters (lactones) is 1. The first-order valence-electron chi connectivity index (χ1n) is 5.58. The second-order valence-corrected chi connectivity index (χ2v) is 4.08. The van der Waals surface area contributed by atoms with Crippen molar-refractivity contribution in [1.29, 1.82) is 0 Å². The predicted molar refractivity (Wildman–Crippen MR) is 62.8 cm³/mol. The van der Waals surface area contributed by atoms with Crippen LogP contribution in [0.3, 0.4) is 0 Å². The maximum Gasteiger partial charge on any atom is 0.407 e. The van der Waals surface area contributed by atoms with Crippen LogP contribution in [0.1, 0.15) is 18.5 Å². The van der Waals surface area contributed by atoms with Crippen molar-refractivity contribution in [1.82, 2.24) is 5.32 Å². The third kappa shape index (κ3) is 3.10. The van der Waals surface area contributed by atoms with E-state index in [-0.39, 0.29) is 18.2 Å². The number of alkyl carbamates (subject to hydrolysis) is 1. The van der Waals surface area contributed by atoms with Gasteiger partial charge in [-0.05, 0) is 24.6 Å². The number of hydrogen-bond acceptors (Lipinski definition) is 4. The van der Waals surface area contributed by atoms with E-state index in [0.29, 0.717) is 13.2 Å². The summed E-state index contributed by atoms with van der Waals surface area (Å²) in [6.45, 7) is 2.78. The molecule has 3 N–H and O–H groups in total. The third-order valence-corrected chi connectivity index (χ3v) is 2.59. The van der Waals surface area contributed by atoms with E-state index in [1.54, 1.807) is 0 Å². The number of amides is 1. The summed E-state index contributed by atoms with van der Waals surface area (Å²) in [7, 11) is 0. The van der Waals surface area contributed by atoms with Gasteiger partial charge in [-0.2, -0.15) is 0 Å². The average molecular weight is 236 g/mol. The smallest absolute Gasteiger partial charge is 0.407 e. The van der Waals surface area contributed by atoms with Crippen molar-refractivity contribution >= 4 is 6.09 Å². The summed E-state index contributed by atoms with van der Waals surface area (Å²) in [4.78, 5) is 10.8. The molecule has 92 valence electrons. The molecule has 1 fully saturated rings. The molecule has 1 amide bonds. The van der Waals surface area contributed by atoms with Gasteiger partial charge in [0.25, 0.3) is 0 Å². The van der Waals surface area contributed by atoms with Crippen LogP contribution in [0.4, 0.5) is 4.79 Å². The number of benzene rings is 1. The maximum absolute atomic E-state index is 10.8. The largest absolute Gasteiger partial charge is 0.490 e. The van der Waals surface area contributed by atoms with E-state index in [1.165, 1.54) is 0 Å². The van der Waals surface area contributed by atoms with Crippen molar-refractivity contribution in [3.05, 3.63) is 29.8 Å². The van der Waals surface area contributed by atoms with Crippen LogP contribution >= 0.6 is 0 Å². The Labute approximate surface area is 99.9 Å². The van der Waals surface area contributed by atoms with Gasteiger partial charge in [0.05, 0.1) is 6.54 Å². The van der Waals surface area contributed by atoms with E-state index in [4.69, 9.17) is 15.2 Å². The summed E-state index contributed by atoms with van der Waals surface area (Å²) >= 11 is 0. The number of ether oxygens (including phenoxy) is 2. The molecule has 0 spiro atoms. The summed E-state index contributed by atoms with van der Waals surface area (Å²) in [5.41, 5.74) is 6.81. The van der Waals surface area contributed by atoms with Gasteiger partial charge >= 0.3 is 6.09 Å². The fourth-order valence-electron chi connectivity index (χ4n) is 1.58. The minimum Gasteiger partial charge on any atom is -0.490 e. The van der Waals surface area contributed by atoms with Crippen LogP contribution in [-0.4, -0.2) is 25.3 Å². The number of hydrogen-bond donors (Lipinski definition) is 2. The normalized spacial score (nSPS) is 20.6. The molecule has 2 atom stereocenters. The fourth-order valence-corrected chi connectivity index (χ4v) is 1.58. The first-order valence-corrected chi connectivity index (χ1v) is 5.58. The Morgan fingerprint density at radius 2 is 2.24 bits per heavy atom. The van der Waals surface area contributed by atoms with E-state index in [1.807, 2.05) is 31.2 Å². The molecular formula is C12H16N2O3. The van der Waals surface area contributed by atoms with Crippen LogP contribution in [0, 0.1) is 0 Å². The summed E-state index contributed by atoms with van der Waals surface area (Å²) in [6, 6.07) is 7.60. The molecule has 0 aliphatic carbocycles. The molecule has 1 aromatic rings. The monoisotopic (exact) mass is 236 g/mol. The zero-order chi connectivity index (χ0) is 12.3. The molecule has 1 aliphatic heterocycles. The van der Waals surface area contributed by atoms with Crippen LogP contribution < -0.4 is 15.8 Å². The van der Waals surface area contributed by atoms with Gasteiger partial charge in [-0.1, -0.05) is 12.1 Å². The van der Waals surface area contributed by atoms with Crippen molar-refractivity contribution in [2.75, 3.05) is 13.2 Å². The van der Waals surface area contributed by atoms with E-state index < -0.39 is 0 Å². The number of rotatable bonds is 4. The number of nitrogens with two attached hydrogens (primary N) is 1. The number of carbonyl (C=O) groups excluding carboxylic acids is 1. The minimum absolute atomic E-state index is 0.0176. The van der Waals surface area contributed by atoms with Crippen molar-refractivity contribution in [2.45, 2.75) is 19.1 Å². The molecule has 0 radical (unpaired) electrons. The van der Waals surface area contributed by atoms with Crippen LogP contribution in [-0.2, 0) is 4.74 Å². The highest BCUT2D eigenvalue weighted by Crippen LogP contribution is 2.16. The molecule has 2 rings (SSSR count). The Morgan fingerprint density at radius 1 is 1.53 bits per heavy atom. The molecule has 0 aromatic heterocycles. The lowest BCUT2D eigenvalue weighted by atomic mass is 10.1. The Kier molecular flexibility index (Phi) is 3.49. The molecule has 1 saturated heterocycles. The zero-order valence-corrected chi connectivity index (χ0v) is 9.68. The lowest BCUT2D eigenvalue weighted by Gasteiger charge is -2.11. The first kappa shape index (κ1) is 11.7. The van der Waals surface area contributed by atoms with E-state index in [9.17, 15) is 4.79 Å². The van der Waals surface area contributed by atoms with E-state index in [2.05, 4.69) is 5.32 Å². The van der Waals surface area contributed by atoms with Gasteiger partial charge in [-0.3, -0.25) is 0 Å². The molecule has 1 heterocycles. The number of nitrogens with one attached hydrogen (secondary N) is 1. The van der Waals surface area contributed by atoms with Crippen molar-refractivity contribution in [3.8, 4) is 5.75 Å².